The molecule has 20 heavy (non-hydrogen) atoms. The Balaban J connectivity index is 3.08. The molecule has 1 rings (SSSR count). The molecule has 0 aliphatic rings. The highest BCUT2D eigenvalue weighted by atomic mass is 32.2. The van der Waals surface area contributed by atoms with Gasteiger partial charge in [0.25, 0.3) is 0 Å². The van der Waals surface area contributed by atoms with Crippen LogP contribution in [0, 0.1) is 0 Å². The van der Waals surface area contributed by atoms with Gasteiger partial charge in [-0.1, -0.05) is 19.1 Å². The van der Waals surface area contributed by atoms with Crippen LogP contribution in [0.5, 0.6) is 0 Å². The van der Waals surface area contributed by atoms with Crippen molar-refractivity contribution in [2.45, 2.75) is 43.4 Å². The van der Waals surface area contributed by atoms with Crippen LogP contribution < -0.4 is 4.72 Å². The van der Waals surface area contributed by atoms with Gasteiger partial charge in [-0.3, -0.25) is 0 Å². The molecule has 4 nitrogen and oxygen atoms in total. The number of benzene rings is 1. The van der Waals surface area contributed by atoms with Crippen LogP contribution >= 0.6 is 11.8 Å². The van der Waals surface area contributed by atoms with Crippen molar-refractivity contribution in [1.82, 2.24) is 4.72 Å². The van der Waals surface area contributed by atoms with E-state index < -0.39 is 10.0 Å². The molecular weight excluding hydrogens is 294 g/mol. The van der Waals surface area contributed by atoms with Crippen molar-refractivity contribution >= 4 is 21.8 Å². The van der Waals surface area contributed by atoms with Crippen molar-refractivity contribution in [2.75, 3.05) is 12.8 Å². The molecule has 0 aliphatic heterocycles. The SMILES string of the molecule is CCc1ccc(CO)cc1S(=O)(=O)NCC(C)(C)SC. The number of aliphatic hydroxyl groups excluding tert-OH is 1. The minimum absolute atomic E-state index is 0.159. The summed E-state index contributed by atoms with van der Waals surface area (Å²) in [5.74, 6) is 0. The van der Waals surface area contributed by atoms with Gasteiger partial charge in [0.05, 0.1) is 11.5 Å². The standard InChI is InChI=1S/C14H23NO3S2/c1-5-12-7-6-11(9-16)8-13(12)20(17,18)15-10-14(2,3)19-4/h6-8,15-16H,5,9-10H2,1-4H3. The van der Waals surface area contributed by atoms with Crippen LogP contribution in [0.2, 0.25) is 0 Å². The Morgan fingerprint density at radius 2 is 2.00 bits per heavy atom. The van der Waals surface area contributed by atoms with E-state index in [1.807, 2.05) is 27.0 Å². The Morgan fingerprint density at radius 3 is 2.50 bits per heavy atom. The fourth-order valence-corrected chi connectivity index (χ4v) is 3.54. The number of aryl methyl sites for hydroxylation is 1. The maximum Gasteiger partial charge on any atom is 0.240 e. The Morgan fingerprint density at radius 1 is 1.35 bits per heavy atom. The number of rotatable bonds is 7. The lowest BCUT2D eigenvalue weighted by Crippen LogP contribution is -2.36. The van der Waals surface area contributed by atoms with Gasteiger partial charge in [-0.15, -0.1) is 0 Å². The Hall–Kier alpha value is -0.560. The summed E-state index contributed by atoms with van der Waals surface area (Å²) in [6.45, 7) is 6.10. The summed E-state index contributed by atoms with van der Waals surface area (Å²) in [7, 11) is -3.55. The Bertz CT molecular complexity index is 554. The molecule has 0 aliphatic carbocycles. The molecule has 2 N–H and O–H groups in total. The van der Waals surface area contributed by atoms with Gasteiger partial charge in [0.1, 0.15) is 0 Å². The quantitative estimate of drug-likeness (QED) is 0.809. The average Bonchev–Trinajstić information content (AvgIpc) is 2.44. The van der Waals surface area contributed by atoms with Gasteiger partial charge in [-0.2, -0.15) is 11.8 Å². The molecule has 6 heteroatoms. The van der Waals surface area contributed by atoms with Gasteiger partial charge in [-0.25, -0.2) is 13.1 Å². The third-order valence-corrected chi connectivity index (χ3v) is 5.96. The van der Waals surface area contributed by atoms with Crippen molar-refractivity contribution < 1.29 is 13.5 Å². The topological polar surface area (TPSA) is 66.4 Å². The van der Waals surface area contributed by atoms with Crippen molar-refractivity contribution in [3.8, 4) is 0 Å². The Labute approximate surface area is 126 Å². The van der Waals surface area contributed by atoms with Crippen LogP contribution in [0.25, 0.3) is 0 Å². The third kappa shape index (κ3) is 4.48. The molecule has 0 bridgehead atoms. The zero-order valence-corrected chi connectivity index (χ0v) is 14.1. The number of hydrogen-bond acceptors (Lipinski definition) is 4. The van der Waals surface area contributed by atoms with Crippen LogP contribution in [0.15, 0.2) is 23.1 Å². The predicted molar refractivity (Wildman–Crippen MR) is 84.5 cm³/mol. The number of hydrogen-bond donors (Lipinski definition) is 2. The third-order valence-electron chi connectivity index (χ3n) is 3.23. The lowest BCUT2D eigenvalue weighted by atomic mass is 10.1. The van der Waals surface area contributed by atoms with E-state index in [-0.39, 0.29) is 16.2 Å². The largest absolute Gasteiger partial charge is 0.392 e. The van der Waals surface area contributed by atoms with Gasteiger partial charge in [0.15, 0.2) is 0 Å². The highest BCUT2D eigenvalue weighted by Crippen LogP contribution is 2.22. The van der Waals surface area contributed by atoms with Crippen LogP contribution in [-0.4, -0.2) is 31.1 Å². The molecule has 0 saturated heterocycles. The van der Waals surface area contributed by atoms with E-state index in [2.05, 4.69) is 4.72 Å². The Kier molecular flexibility index (Phi) is 6.06. The van der Waals surface area contributed by atoms with Gasteiger partial charge >= 0.3 is 0 Å². The lowest BCUT2D eigenvalue weighted by molar-refractivity contribution is 0.281. The average molecular weight is 317 g/mol. The highest BCUT2D eigenvalue weighted by molar-refractivity contribution is 8.00. The first kappa shape index (κ1) is 17.5. The molecule has 0 aromatic heterocycles. The summed E-state index contributed by atoms with van der Waals surface area (Å²) in [5.41, 5.74) is 1.36. The zero-order valence-electron chi connectivity index (χ0n) is 12.4. The highest BCUT2D eigenvalue weighted by Gasteiger charge is 2.23. The van der Waals surface area contributed by atoms with Gasteiger partial charge < -0.3 is 5.11 Å². The molecule has 0 saturated carbocycles. The van der Waals surface area contributed by atoms with E-state index in [1.54, 1.807) is 30.0 Å². The minimum atomic E-state index is -3.55. The van der Waals surface area contributed by atoms with Crippen molar-refractivity contribution in [2.24, 2.45) is 0 Å². The second kappa shape index (κ2) is 6.93. The van der Waals surface area contributed by atoms with Gasteiger partial charge in [-0.05, 0) is 43.7 Å². The lowest BCUT2D eigenvalue weighted by Gasteiger charge is -2.22. The van der Waals surface area contributed by atoms with Crippen LogP contribution in [0.1, 0.15) is 31.9 Å². The molecule has 1 aromatic carbocycles. The molecule has 114 valence electrons. The molecule has 0 amide bonds. The van der Waals surface area contributed by atoms with Crippen LogP contribution in [-0.2, 0) is 23.1 Å². The maximum absolute atomic E-state index is 12.4. The minimum Gasteiger partial charge on any atom is -0.392 e. The molecule has 0 spiro atoms. The van der Waals surface area contributed by atoms with E-state index in [0.29, 0.717) is 18.5 Å². The molecular formula is C14H23NO3S2. The molecule has 0 fully saturated rings. The number of thioether (sulfide) groups is 1. The molecule has 1 aromatic rings. The predicted octanol–water partition coefficient (Wildman–Crippen LogP) is 2.16. The normalized spacial score (nSPS) is 12.7. The first-order valence-electron chi connectivity index (χ1n) is 6.53. The van der Waals surface area contributed by atoms with E-state index in [0.717, 1.165) is 5.56 Å². The first-order valence-corrected chi connectivity index (χ1v) is 9.24. The van der Waals surface area contributed by atoms with Gasteiger partial charge in [0, 0.05) is 11.3 Å². The number of nitrogens with one attached hydrogen (secondary N) is 1. The van der Waals surface area contributed by atoms with Crippen molar-refractivity contribution in [1.29, 1.82) is 0 Å². The molecule has 0 radical (unpaired) electrons. The van der Waals surface area contributed by atoms with Crippen LogP contribution in [0.4, 0.5) is 0 Å². The second-order valence-corrected chi connectivity index (χ2v) is 8.49. The summed E-state index contributed by atoms with van der Waals surface area (Å²) in [4.78, 5) is 0.267. The second-order valence-electron chi connectivity index (χ2n) is 5.24. The molecule has 0 heterocycles. The van der Waals surface area contributed by atoms with Crippen molar-refractivity contribution in [3.63, 3.8) is 0 Å². The smallest absolute Gasteiger partial charge is 0.240 e. The monoisotopic (exact) mass is 317 g/mol. The summed E-state index contributed by atoms with van der Waals surface area (Å²) < 4.78 is 27.4. The van der Waals surface area contributed by atoms with Gasteiger partial charge in [0.2, 0.25) is 10.0 Å². The summed E-state index contributed by atoms with van der Waals surface area (Å²) in [5, 5.41) is 9.17. The van der Waals surface area contributed by atoms with E-state index in [4.69, 9.17) is 0 Å². The van der Waals surface area contributed by atoms with Crippen molar-refractivity contribution in [3.05, 3.63) is 29.3 Å². The van der Waals surface area contributed by atoms with E-state index in [9.17, 15) is 13.5 Å². The molecule has 0 atom stereocenters. The molecule has 0 unspecified atom stereocenters. The summed E-state index contributed by atoms with van der Waals surface area (Å²) >= 11 is 1.61. The summed E-state index contributed by atoms with van der Waals surface area (Å²) in [6.07, 6.45) is 2.59. The van der Waals surface area contributed by atoms with E-state index >= 15 is 0 Å². The maximum atomic E-state index is 12.4. The summed E-state index contributed by atoms with van der Waals surface area (Å²) in [6, 6.07) is 5.07. The fourth-order valence-electron chi connectivity index (χ4n) is 1.66. The van der Waals surface area contributed by atoms with Crippen LogP contribution in [0.3, 0.4) is 0 Å². The number of sulfonamides is 1. The van der Waals surface area contributed by atoms with E-state index in [1.165, 1.54) is 0 Å². The first-order chi connectivity index (χ1) is 9.25. The number of aliphatic hydroxyl groups is 1. The fraction of sp³-hybridized carbons (Fsp3) is 0.571. The zero-order chi connectivity index (χ0) is 15.4.